The third-order valence-corrected chi connectivity index (χ3v) is 4.03. The molecule has 1 unspecified atom stereocenters. The summed E-state index contributed by atoms with van der Waals surface area (Å²) in [5.74, 6) is 1.10. The van der Waals surface area contributed by atoms with E-state index in [4.69, 9.17) is 4.74 Å². The van der Waals surface area contributed by atoms with Crippen LogP contribution in [0.5, 0.6) is 0 Å². The summed E-state index contributed by atoms with van der Waals surface area (Å²) in [5.41, 5.74) is 0. The average Bonchev–Trinajstić information content (AvgIpc) is 2.97. The lowest BCUT2D eigenvalue weighted by Crippen LogP contribution is -2.22. The second kappa shape index (κ2) is 5.51. The van der Waals surface area contributed by atoms with Crippen LogP contribution in [0, 0.1) is 0 Å². The van der Waals surface area contributed by atoms with Crippen molar-refractivity contribution in [2.75, 3.05) is 13.2 Å². The monoisotopic (exact) mass is 237 g/mol. The van der Waals surface area contributed by atoms with E-state index in [0.717, 1.165) is 31.8 Å². The molecule has 2 rings (SSSR count). The number of aryl methyl sites for hydroxylation is 1. The van der Waals surface area contributed by atoms with Gasteiger partial charge < -0.3 is 10.1 Å². The summed E-state index contributed by atoms with van der Waals surface area (Å²) in [7, 11) is 0. The van der Waals surface area contributed by atoms with Gasteiger partial charge in [0.1, 0.15) is 5.76 Å². The molecule has 88 valence electrons. The Hall–Kier alpha value is -0.800. The fourth-order valence-electron chi connectivity index (χ4n) is 1.92. The van der Waals surface area contributed by atoms with Crippen LogP contribution in [-0.2, 0) is 11.2 Å². The first-order valence-electron chi connectivity index (χ1n) is 6.00. The standard InChI is InChI=1S/C13H19NOS/c1-3-10-7-8-12(16-10)13(14-4-2)11-6-5-9-15-11/h6-8,13-14H,3-5,9H2,1-2H3. The molecule has 0 saturated carbocycles. The predicted octanol–water partition coefficient (Wildman–Crippen LogP) is 3.27. The van der Waals surface area contributed by atoms with Crippen LogP contribution in [0.4, 0.5) is 0 Å². The van der Waals surface area contributed by atoms with Gasteiger partial charge in [-0.2, -0.15) is 0 Å². The van der Waals surface area contributed by atoms with E-state index in [0.29, 0.717) is 0 Å². The first kappa shape index (κ1) is 11.7. The molecule has 0 aromatic carbocycles. The summed E-state index contributed by atoms with van der Waals surface area (Å²) in [6, 6.07) is 4.71. The van der Waals surface area contributed by atoms with Crippen molar-refractivity contribution < 1.29 is 4.74 Å². The van der Waals surface area contributed by atoms with Crippen molar-refractivity contribution in [3.8, 4) is 0 Å². The quantitative estimate of drug-likeness (QED) is 0.848. The molecule has 1 aromatic heterocycles. The van der Waals surface area contributed by atoms with Crippen molar-refractivity contribution in [1.82, 2.24) is 5.32 Å². The first-order chi connectivity index (χ1) is 7.85. The molecule has 0 saturated heterocycles. The van der Waals surface area contributed by atoms with Gasteiger partial charge in [-0.25, -0.2) is 0 Å². The maximum Gasteiger partial charge on any atom is 0.114 e. The van der Waals surface area contributed by atoms with Crippen LogP contribution >= 0.6 is 11.3 Å². The first-order valence-corrected chi connectivity index (χ1v) is 6.81. The van der Waals surface area contributed by atoms with Gasteiger partial charge in [0.2, 0.25) is 0 Å². The molecule has 0 radical (unpaired) electrons. The van der Waals surface area contributed by atoms with E-state index in [1.165, 1.54) is 9.75 Å². The summed E-state index contributed by atoms with van der Waals surface area (Å²) in [6.45, 7) is 6.13. The van der Waals surface area contributed by atoms with E-state index in [1.54, 1.807) is 0 Å². The highest BCUT2D eigenvalue weighted by Gasteiger charge is 2.21. The van der Waals surface area contributed by atoms with Crippen molar-refractivity contribution in [3.05, 3.63) is 33.7 Å². The Bertz CT molecular complexity index is 370. The third kappa shape index (κ3) is 2.47. The molecule has 1 aliphatic rings. The van der Waals surface area contributed by atoms with Crippen molar-refractivity contribution in [3.63, 3.8) is 0 Å². The molecule has 3 heteroatoms. The minimum atomic E-state index is 0.262. The Labute approximate surface area is 101 Å². The number of hydrogen-bond acceptors (Lipinski definition) is 3. The van der Waals surface area contributed by atoms with Crippen LogP contribution in [0.1, 0.15) is 36.1 Å². The van der Waals surface area contributed by atoms with Crippen molar-refractivity contribution in [1.29, 1.82) is 0 Å². The van der Waals surface area contributed by atoms with Crippen LogP contribution in [0.2, 0.25) is 0 Å². The molecule has 2 heterocycles. The van der Waals surface area contributed by atoms with Crippen molar-refractivity contribution in [2.24, 2.45) is 0 Å². The maximum atomic E-state index is 5.67. The Morgan fingerprint density at radius 1 is 1.44 bits per heavy atom. The Morgan fingerprint density at radius 3 is 2.88 bits per heavy atom. The van der Waals surface area contributed by atoms with Crippen LogP contribution in [-0.4, -0.2) is 13.2 Å². The molecular weight excluding hydrogens is 218 g/mol. The molecule has 0 amide bonds. The van der Waals surface area contributed by atoms with Crippen LogP contribution in [0.3, 0.4) is 0 Å². The van der Waals surface area contributed by atoms with E-state index in [2.05, 4.69) is 37.4 Å². The Balaban J connectivity index is 2.17. The minimum absolute atomic E-state index is 0.262. The minimum Gasteiger partial charge on any atom is -0.496 e. The Morgan fingerprint density at radius 2 is 2.31 bits per heavy atom. The van der Waals surface area contributed by atoms with E-state index in [9.17, 15) is 0 Å². The molecule has 1 aromatic rings. The van der Waals surface area contributed by atoms with Gasteiger partial charge in [0.05, 0.1) is 12.6 Å². The van der Waals surface area contributed by atoms with Crippen LogP contribution in [0.15, 0.2) is 24.0 Å². The molecule has 0 bridgehead atoms. The molecule has 0 aliphatic carbocycles. The van der Waals surface area contributed by atoms with Gasteiger partial charge in [-0.15, -0.1) is 11.3 Å². The number of likely N-dealkylation sites (N-methyl/N-ethyl adjacent to an activating group) is 1. The van der Waals surface area contributed by atoms with Gasteiger partial charge in [0.25, 0.3) is 0 Å². The number of thiophene rings is 1. The van der Waals surface area contributed by atoms with Gasteiger partial charge in [-0.05, 0) is 31.2 Å². The average molecular weight is 237 g/mol. The number of hydrogen-bond donors (Lipinski definition) is 1. The van der Waals surface area contributed by atoms with E-state index in [-0.39, 0.29) is 6.04 Å². The number of nitrogens with one attached hydrogen (secondary N) is 1. The largest absolute Gasteiger partial charge is 0.496 e. The summed E-state index contributed by atoms with van der Waals surface area (Å²) >= 11 is 1.88. The lowest BCUT2D eigenvalue weighted by Gasteiger charge is -2.17. The predicted molar refractivity (Wildman–Crippen MR) is 68.8 cm³/mol. The summed E-state index contributed by atoms with van der Waals surface area (Å²) < 4.78 is 5.67. The highest BCUT2D eigenvalue weighted by atomic mass is 32.1. The fraction of sp³-hybridized carbons (Fsp3) is 0.538. The molecule has 1 atom stereocenters. The van der Waals surface area contributed by atoms with Crippen molar-refractivity contribution in [2.45, 2.75) is 32.7 Å². The molecule has 1 N–H and O–H groups in total. The zero-order chi connectivity index (χ0) is 11.4. The molecule has 0 spiro atoms. The zero-order valence-electron chi connectivity index (χ0n) is 9.95. The molecular formula is C13H19NOS. The van der Waals surface area contributed by atoms with E-state index >= 15 is 0 Å². The lowest BCUT2D eigenvalue weighted by molar-refractivity contribution is 0.217. The van der Waals surface area contributed by atoms with Gasteiger partial charge >= 0.3 is 0 Å². The number of rotatable bonds is 5. The zero-order valence-corrected chi connectivity index (χ0v) is 10.8. The molecule has 16 heavy (non-hydrogen) atoms. The topological polar surface area (TPSA) is 21.3 Å². The smallest absolute Gasteiger partial charge is 0.114 e. The van der Waals surface area contributed by atoms with Gasteiger partial charge in [0.15, 0.2) is 0 Å². The van der Waals surface area contributed by atoms with E-state index < -0.39 is 0 Å². The van der Waals surface area contributed by atoms with Crippen molar-refractivity contribution >= 4 is 11.3 Å². The lowest BCUT2D eigenvalue weighted by atomic mass is 10.2. The summed E-state index contributed by atoms with van der Waals surface area (Å²) in [5, 5.41) is 3.50. The normalized spacial score (nSPS) is 17.0. The van der Waals surface area contributed by atoms with Crippen LogP contribution < -0.4 is 5.32 Å². The maximum absolute atomic E-state index is 5.67. The highest BCUT2D eigenvalue weighted by Crippen LogP contribution is 2.31. The highest BCUT2D eigenvalue weighted by molar-refractivity contribution is 7.12. The van der Waals surface area contributed by atoms with E-state index in [1.807, 2.05) is 11.3 Å². The number of ether oxygens (including phenoxy) is 1. The molecule has 1 aliphatic heterocycles. The van der Waals surface area contributed by atoms with Gasteiger partial charge in [0, 0.05) is 16.2 Å². The molecule has 2 nitrogen and oxygen atoms in total. The summed E-state index contributed by atoms with van der Waals surface area (Å²) in [4.78, 5) is 2.81. The fourth-order valence-corrected chi connectivity index (χ4v) is 2.96. The second-order valence-electron chi connectivity index (χ2n) is 3.89. The SMILES string of the molecule is CCNC(C1=CCCO1)c1ccc(CC)s1. The summed E-state index contributed by atoms with van der Waals surface area (Å²) in [6.07, 6.45) is 4.37. The van der Waals surface area contributed by atoms with Gasteiger partial charge in [-0.1, -0.05) is 13.8 Å². The van der Waals surface area contributed by atoms with Gasteiger partial charge in [-0.3, -0.25) is 0 Å². The second-order valence-corrected chi connectivity index (χ2v) is 5.09. The Kier molecular flexibility index (Phi) is 4.02. The molecule has 0 fully saturated rings. The van der Waals surface area contributed by atoms with Crippen LogP contribution in [0.25, 0.3) is 0 Å². The third-order valence-electron chi connectivity index (χ3n) is 2.74.